The van der Waals surface area contributed by atoms with Crippen LogP contribution in [-0.2, 0) is 0 Å². The molecule has 1 aliphatic carbocycles. The molecule has 0 atom stereocenters. The predicted molar refractivity (Wildman–Crippen MR) is 91.8 cm³/mol. The number of aromatic nitrogens is 4. The van der Waals surface area contributed by atoms with Crippen LogP contribution in [0.3, 0.4) is 0 Å². The lowest BCUT2D eigenvalue weighted by Crippen LogP contribution is -2.01. The van der Waals surface area contributed by atoms with Crippen LogP contribution >= 0.6 is 23.4 Å². The molecule has 1 aliphatic rings. The molecule has 5 nitrogen and oxygen atoms in total. The summed E-state index contributed by atoms with van der Waals surface area (Å²) in [6.45, 7) is 0. The summed E-state index contributed by atoms with van der Waals surface area (Å²) in [4.78, 5) is 4.22. The van der Waals surface area contributed by atoms with Gasteiger partial charge in [-0.1, -0.05) is 23.7 Å². The number of benzene rings is 1. The van der Waals surface area contributed by atoms with Gasteiger partial charge in [0.2, 0.25) is 0 Å². The second-order valence-electron chi connectivity index (χ2n) is 5.58. The van der Waals surface area contributed by atoms with Gasteiger partial charge in [-0.15, -0.1) is 10.2 Å². The first-order valence-electron chi connectivity index (χ1n) is 7.61. The Morgan fingerprint density at radius 1 is 1.20 bits per heavy atom. The Labute approximate surface area is 152 Å². The normalized spacial score (nSPS) is 13.6. The van der Waals surface area contributed by atoms with E-state index < -0.39 is 0 Å². The van der Waals surface area contributed by atoms with E-state index in [1.807, 2.05) is 10.6 Å². The smallest absolute Gasteiger partial charge is 0.198 e. The lowest BCUT2D eigenvalue weighted by atomic mass is 10.2. The fraction of sp³-hybridized carbons (Fsp3) is 0.176. The molecule has 3 aromatic rings. The summed E-state index contributed by atoms with van der Waals surface area (Å²) in [5, 5.41) is 19.0. The van der Waals surface area contributed by atoms with Crippen LogP contribution in [0.4, 0.5) is 4.39 Å². The summed E-state index contributed by atoms with van der Waals surface area (Å²) in [6.07, 6.45) is 2.01. The van der Waals surface area contributed by atoms with Crippen LogP contribution in [0, 0.1) is 17.1 Å². The maximum atomic E-state index is 14.2. The van der Waals surface area contributed by atoms with Crippen molar-refractivity contribution in [3.05, 3.63) is 52.9 Å². The van der Waals surface area contributed by atoms with Crippen molar-refractivity contribution in [3.8, 4) is 17.5 Å². The molecule has 0 N–H and O–H groups in total. The molecule has 0 aliphatic heterocycles. The standard InChI is InChI=1S/C17H11ClFN5S/c18-12-7-8-15(21-14(12)9-20)25-17-23-22-16(24(17)10-5-6-10)11-3-1-2-4-13(11)19/h1-4,7-8,10H,5-6H2. The zero-order chi connectivity index (χ0) is 17.4. The molecule has 1 saturated carbocycles. The molecule has 25 heavy (non-hydrogen) atoms. The zero-order valence-corrected chi connectivity index (χ0v) is 14.4. The average Bonchev–Trinajstić information content (AvgIpc) is 3.38. The zero-order valence-electron chi connectivity index (χ0n) is 12.9. The van der Waals surface area contributed by atoms with Crippen LogP contribution in [0.2, 0.25) is 5.02 Å². The highest BCUT2D eigenvalue weighted by atomic mass is 35.5. The van der Waals surface area contributed by atoms with Crippen molar-refractivity contribution in [1.29, 1.82) is 5.26 Å². The minimum atomic E-state index is -0.329. The Kier molecular flexibility index (Phi) is 4.15. The molecule has 1 aromatic carbocycles. The van der Waals surface area contributed by atoms with Crippen molar-refractivity contribution >= 4 is 23.4 Å². The van der Waals surface area contributed by atoms with Gasteiger partial charge in [-0.05, 0) is 48.9 Å². The van der Waals surface area contributed by atoms with E-state index in [9.17, 15) is 4.39 Å². The number of nitrogens with zero attached hydrogens (tertiary/aromatic N) is 5. The van der Waals surface area contributed by atoms with Gasteiger partial charge in [0, 0.05) is 6.04 Å². The Balaban J connectivity index is 1.74. The van der Waals surface area contributed by atoms with Crippen LogP contribution in [0.25, 0.3) is 11.4 Å². The summed E-state index contributed by atoms with van der Waals surface area (Å²) >= 11 is 7.21. The predicted octanol–water partition coefficient (Wildman–Crippen LogP) is 4.49. The van der Waals surface area contributed by atoms with Crippen molar-refractivity contribution in [2.75, 3.05) is 0 Å². The number of halogens is 2. The second-order valence-corrected chi connectivity index (χ2v) is 6.98. The van der Waals surface area contributed by atoms with Crippen molar-refractivity contribution < 1.29 is 4.39 Å². The topological polar surface area (TPSA) is 67.4 Å². The molecule has 0 radical (unpaired) electrons. The second kappa shape index (κ2) is 6.47. The number of nitriles is 1. The molecule has 0 saturated heterocycles. The van der Waals surface area contributed by atoms with E-state index in [0.29, 0.717) is 26.6 Å². The van der Waals surface area contributed by atoms with E-state index >= 15 is 0 Å². The van der Waals surface area contributed by atoms with E-state index in [1.165, 1.54) is 17.8 Å². The van der Waals surface area contributed by atoms with Crippen molar-refractivity contribution in [3.63, 3.8) is 0 Å². The fourth-order valence-electron chi connectivity index (χ4n) is 2.49. The van der Waals surface area contributed by atoms with E-state index in [4.69, 9.17) is 16.9 Å². The van der Waals surface area contributed by atoms with Crippen LogP contribution < -0.4 is 0 Å². The first-order valence-corrected chi connectivity index (χ1v) is 8.81. The van der Waals surface area contributed by atoms with Gasteiger partial charge in [-0.3, -0.25) is 4.57 Å². The van der Waals surface area contributed by atoms with Gasteiger partial charge in [0.25, 0.3) is 0 Å². The molecule has 1 fully saturated rings. The van der Waals surface area contributed by atoms with Crippen molar-refractivity contribution in [1.82, 2.24) is 19.7 Å². The van der Waals surface area contributed by atoms with Crippen LogP contribution in [0.5, 0.6) is 0 Å². The molecule has 0 bridgehead atoms. The largest absolute Gasteiger partial charge is 0.299 e. The Morgan fingerprint density at radius 3 is 2.72 bits per heavy atom. The third-order valence-corrected chi connectivity index (χ3v) is 5.02. The third kappa shape index (κ3) is 3.11. The first-order chi connectivity index (χ1) is 12.2. The number of pyridine rings is 1. The van der Waals surface area contributed by atoms with Gasteiger partial charge in [-0.25, -0.2) is 9.37 Å². The molecule has 4 rings (SSSR count). The van der Waals surface area contributed by atoms with E-state index in [2.05, 4.69) is 15.2 Å². The summed E-state index contributed by atoms with van der Waals surface area (Å²) in [7, 11) is 0. The lowest BCUT2D eigenvalue weighted by molar-refractivity contribution is 0.622. The molecule has 0 spiro atoms. The molecular formula is C17H11ClFN5S. The van der Waals surface area contributed by atoms with Gasteiger partial charge in [0.1, 0.15) is 16.9 Å². The van der Waals surface area contributed by atoms with Gasteiger partial charge in [0.05, 0.1) is 10.6 Å². The van der Waals surface area contributed by atoms with E-state index in [-0.39, 0.29) is 17.6 Å². The summed E-state index contributed by atoms with van der Waals surface area (Å²) in [5.74, 6) is 0.183. The average molecular weight is 372 g/mol. The van der Waals surface area contributed by atoms with Crippen molar-refractivity contribution in [2.24, 2.45) is 0 Å². The highest BCUT2D eigenvalue weighted by Crippen LogP contribution is 2.42. The van der Waals surface area contributed by atoms with Crippen LogP contribution in [0.15, 0.2) is 46.6 Å². The Morgan fingerprint density at radius 2 is 2.00 bits per heavy atom. The highest BCUT2D eigenvalue weighted by molar-refractivity contribution is 7.99. The number of hydrogen-bond donors (Lipinski definition) is 0. The first kappa shape index (κ1) is 16.1. The molecule has 0 amide bonds. The molecule has 124 valence electrons. The monoisotopic (exact) mass is 371 g/mol. The lowest BCUT2D eigenvalue weighted by Gasteiger charge is -2.09. The number of hydrogen-bond acceptors (Lipinski definition) is 5. The maximum Gasteiger partial charge on any atom is 0.198 e. The van der Waals surface area contributed by atoms with Crippen LogP contribution in [-0.4, -0.2) is 19.7 Å². The SMILES string of the molecule is N#Cc1nc(Sc2nnc(-c3ccccc3F)n2C2CC2)ccc1Cl. The van der Waals surface area contributed by atoms with Gasteiger partial charge < -0.3 is 0 Å². The van der Waals surface area contributed by atoms with E-state index in [1.54, 1.807) is 30.3 Å². The fourth-order valence-corrected chi connectivity index (χ4v) is 3.51. The Hall–Kier alpha value is -2.43. The molecule has 2 heterocycles. The minimum Gasteiger partial charge on any atom is -0.299 e. The molecule has 8 heteroatoms. The summed E-state index contributed by atoms with van der Waals surface area (Å²) in [5.41, 5.74) is 0.592. The third-order valence-electron chi connectivity index (χ3n) is 3.81. The van der Waals surface area contributed by atoms with Gasteiger partial charge in [0.15, 0.2) is 16.7 Å². The van der Waals surface area contributed by atoms with E-state index in [0.717, 1.165) is 12.8 Å². The van der Waals surface area contributed by atoms with Crippen LogP contribution in [0.1, 0.15) is 24.6 Å². The highest BCUT2D eigenvalue weighted by Gasteiger charge is 2.31. The van der Waals surface area contributed by atoms with Crippen molar-refractivity contribution in [2.45, 2.75) is 29.1 Å². The molecule has 0 unspecified atom stereocenters. The molecule has 2 aromatic heterocycles. The maximum absolute atomic E-state index is 14.2. The minimum absolute atomic E-state index is 0.165. The quantitative estimate of drug-likeness (QED) is 0.675. The summed E-state index contributed by atoms with van der Waals surface area (Å²) in [6, 6.07) is 12.1. The Bertz CT molecular complexity index is 993. The molecular weight excluding hydrogens is 361 g/mol. The number of rotatable bonds is 4. The van der Waals surface area contributed by atoms with Gasteiger partial charge in [-0.2, -0.15) is 5.26 Å². The summed E-state index contributed by atoms with van der Waals surface area (Å²) < 4.78 is 16.1. The van der Waals surface area contributed by atoms with Gasteiger partial charge >= 0.3 is 0 Å².